The summed E-state index contributed by atoms with van der Waals surface area (Å²) in [7, 11) is 0. The molecule has 1 amide bonds. The van der Waals surface area contributed by atoms with E-state index in [2.05, 4.69) is 4.90 Å². The number of carbonyl (C=O) groups excluding carboxylic acids is 1. The number of amides is 1. The van der Waals surface area contributed by atoms with Gasteiger partial charge in [0.1, 0.15) is 0 Å². The molecule has 6 heteroatoms. The van der Waals surface area contributed by atoms with E-state index in [4.69, 9.17) is 5.73 Å². The van der Waals surface area contributed by atoms with Crippen LogP contribution in [-0.2, 0) is 4.79 Å². The summed E-state index contributed by atoms with van der Waals surface area (Å²) in [5.74, 6) is 0.00785. The van der Waals surface area contributed by atoms with Crippen molar-refractivity contribution in [2.45, 2.75) is 26.2 Å². The maximum absolute atomic E-state index is 11.0. The number of nitro groups is 1. The van der Waals surface area contributed by atoms with Gasteiger partial charge in [0.2, 0.25) is 5.91 Å². The van der Waals surface area contributed by atoms with Crippen molar-refractivity contribution in [1.29, 1.82) is 0 Å². The van der Waals surface area contributed by atoms with Crippen LogP contribution in [0.4, 0.5) is 11.4 Å². The van der Waals surface area contributed by atoms with Crippen molar-refractivity contribution in [2.24, 2.45) is 11.7 Å². The minimum absolute atomic E-state index is 0.138. The van der Waals surface area contributed by atoms with Crippen molar-refractivity contribution in [3.8, 4) is 0 Å². The normalized spacial score (nSPS) is 18.9. The Bertz CT molecular complexity index is 530. The van der Waals surface area contributed by atoms with E-state index in [1.807, 2.05) is 6.07 Å². The first-order chi connectivity index (χ1) is 9.47. The third kappa shape index (κ3) is 3.26. The van der Waals surface area contributed by atoms with E-state index in [0.717, 1.165) is 31.6 Å². The van der Waals surface area contributed by atoms with Gasteiger partial charge in [-0.2, -0.15) is 0 Å². The smallest absolute Gasteiger partial charge is 0.272 e. The minimum atomic E-state index is -0.370. The van der Waals surface area contributed by atoms with Crippen LogP contribution in [0.2, 0.25) is 0 Å². The molecule has 1 fully saturated rings. The number of aryl methyl sites for hydroxylation is 1. The second kappa shape index (κ2) is 5.90. The molecule has 0 radical (unpaired) electrons. The van der Waals surface area contributed by atoms with E-state index >= 15 is 0 Å². The van der Waals surface area contributed by atoms with E-state index in [9.17, 15) is 14.9 Å². The monoisotopic (exact) mass is 277 g/mol. The largest absolute Gasteiger partial charge is 0.371 e. The van der Waals surface area contributed by atoms with Crippen LogP contribution >= 0.6 is 0 Å². The molecule has 6 nitrogen and oxygen atoms in total. The predicted molar refractivity (Wildman–Crippen MR) is 76.6 cm³/mol. The molecular weight excluding hydrogens is 258 g/mol. The number of nitrogens with two attached hydrogens (primary N) is 1. The first-order valence-corrected chi connectivity index (χ1v) is 6.75. The Morgan fingerprint density at radius 2 is 2.30 bits per heavy atom. The molecule has 1 atom stereocenters. The van der Waals surface area contributed by atoms with Gasteiger partial charge in [-0.1, -0.05) is 0 Å². The van der Waals surface area contributed by atoms with Gasteiger partial charge in [0.25, 0.3) is 5.69 Å². The Morgan fingerprint density at radius 1 is 1.55 bits per heavy atom. The van der Waals surface area contributed by atoms with Crippen molar-refractivity contribution in [3.63, 3.8) is 0 Å². The number of carbonyl (C=O) groups is 1. The third-order valence-corrected chi connectivity index (χ3v) is 3.75. The zero-order valence-electron chi connectivity index (χ0n) is 11.5. The molecule has 2 N–H and O–H groups in total. The Hall–Kier alpha value is -2.11. The Kier molecular flexibility index (Phi) is 4.22. The number of nitro benzene ring substituents is 1. The van der Waals surface area contributed by atoms with E-state index < -0.39 is 0 Å². The highest BCUT2D eigenvalue weighted by molar-refractivity contribution is 5.74. The first kappa shape index (κ1) is 14.3. The molecule has 0 saturated carbocycles. The average Bonchev–Trinajstić information content (AvgIpc) is 2.37. The maximum atomic E-state index is 11.0. The van der Waals surface area contributed by atoms with Gasteiger partial charge in [0.15, 0.2) is 0 Å². The molecule has 0 aromatic heterocycles. The molecule has 1 saturated heterocycles. The third-order valence-electron chi connectivity index (χ3n) is 3.75. The summed E-state index contributed by atoms with van der Waals surface area (Å²) in [6.07, 6.45) is 2.42. The van der Waals surface area contributed by atoms with Crippen molar-refractivity contribution < 1.29 is 9.72 Å². The lowest BCUT2D eigenvalue weighted by molar-refractivity contribution is -0.385. The quantitative estimate of drug-likeness (QED) is 0.673. The molecular formula is C14H19N3O3. The number of hydrogen-bond donors (Lipinski definition) is 1. The SMILES string of the molecule is Cc1cc(N2CCCC(CC(N)=O)C2)ccc1[N+](=O)[O-]. The standard InChI is InChI=1S/C14H19N3O3/c1-10-7-12(4-5-13(10)17(19)20)16-6-2-3-11(9-16)8-14(15)18/h4-5,7,11H,2-3,6,8-9H2,1H3,(H2,15,18). The van der Waals surface area contributed by atoms with Crippen LogP contribution in [0.25, 0.3) is 0 Å². The summed E-state index contributed by atoms with van der Waals surface area (Å²) < 4.78 is 0. The summed E-state index contributed by atoms with van der Waals surface area (Å²) in [5.41, 5.74) is 7.02. The zero-order chi connectivity index (χ0) is 14.7. The molecule has 1 aromatic rings. The Labute approximate surface area is 117 Å². The van der Waals surface area contributed by atoms with Crippen molar-refractivity contribution >= 4 is 17.3 Å². The van der Waals surface area contributed by atoms with Crippen LogP contribution in [0.1, 0.15) is 24.8 Å². The van der Waals surface area contributed by atoms with Crippen molar-refractivity contribution in [1.82, 2.24) is 0 Å². The highest BCUT2D eigenvalue weighted by Gasteiger charge is 2.22. The van der Waals surface area contributed by atoms with E-state index in [1.54, 1.807) is 19.1 Å². The van der Waals surface area contributed by atoms with Crippen LogP contribution in [0.15, 0.2) is 18.2 Å². The molecule has 1 aromatic carbocycles. The number of anilines is 1. The van der Waals surface area contributed by atoms with E-state index in [0.29, 0.717) is 12.0 Å². The molecule has 1 aliphatic rings. The fraction of sp³-hybridized carbons (Fsp3) is 0.500. The molecule has 20 heavy (non-hydrogen) atoms. The molecule has 1 aliphatic heterocycles. The first-order valence-electron chi connectivity index (χ1n) is 6.75. The van der Waals surface area contributed by atoms with Gasteiger partial charge in [-0.3, -0.25) is 14.9 Å². The average molecular weight is 277 g/mol. The highest BCUT2D eigenvalue weighted by Crippen LogP contribution is 2.28. The summed E-state index contributed by atoms with van der Waals surface area (Å²) in [4.78, 5) is 23.6. The lowest BCUT2D eigenvalue weighted by Gasteiger charge is -2.34. The number of rotatable bonds is 4. The molecule has 0 bridgehead atoms. The molecule has 2 rings (SSSR count). The Balaban J connectivity index is 2.13. The van der Waals surface area contributed by atoms with Crippen LogP contribution in [0, 0.1) is 23.0 Å². The highest BCUT2D eigenvalue weighted by atomic mass is 16.6. The Morgan fingerprint density at radius 3 is 2.90 bits per heavy atom. The molecule has 0 aliphatic carbocycles. The zero-order valence-corrected chi connectivity index (χ0v) is 11.5. The lowest BCUT2D eigenvalue weighted by atomic mass is 9.94. The van der Waals surface area contributed by atoms with Gasteiger partial charge in [-0.15, -0.1) is 0 Å². The topological polar surface area (TPSA) is 89.5 Å². The van der Waals surface area contributed by atoms with Crippen molar-refractivity contribution in [2.75, 3.05) is 18.0 Å². The summed E-state index contributed by atoms with van der Waals surface area (Å²) in [5, 5.41) is 10.8. The lowest BCUT2D eigenvalue weighted by Crippen LogP contribution is -2.37. The summed E-state index contributed by atoms with van der Waals surface area (Å²) >= 11 is 0. The van der Waals surface area contributed by atoms with Gasteiger partial charge < -0.3 is 10.6 Å². The number of primary amides is 1. The number of piperidine rings is 1. The number of nitrogens with zero attached hydrogens (tertiary/aromatic N) is 2. The van der Waals surface area contributed by atoms with Gasteiger partial charge in [-0.25, -0.2) is 0 Å². The number of hydrogen-bond acceptors (Lipinski definition) is 4. The molecule has 1 heterocycles. The molecule has 108 valence electrons. The second-order valence-corrected chi connectivity index (χ2v) is 5.35. The fourth-order valence-electron chi connectivity index (χ4n) is 2.79. The van der Waals surface area contributed by atoms with Gasteiger partial charge in [0, 0.05) is 36.8 Å². The molecule has 1 unspecified atom stereocenters. The second-order valence-electron chi connectivity index (χ2n) is 5.35. The van der Waals surface area contributed by atoms with Crippen LogP contribution in [0.5, 0.6) is 0 Å². The summed E-state index contributed by atoms with van der Waals surface area (Å²) in [6, 6.07) is 5.16. The van der Waals surface area contributed by atoms with Crippen LogP contribution in [-0.4, -0.2) is 23.9 Å². The van der Waals surface area contributed by atoms with Gasteiger partial charge >= 0.3 is 0 Å². The van der Waals surface area contributed by atoms with E-state index in [1.165, 1.54) is 0 Å². The summed E-state index contributed by atoms with van der Waals surface area (Å²) in [6.45, 7) is 3.43. The minimum Gasteiger partial charge on any atom is -0.371 e. The van der Waals surface area contributed by atoms with Gasteiger partial charge in [-0.05, 0) is 37.8 Å². The van der Waals surface area contributed by atoms with Crippen LogP contribution in [0.3, 0.4) is 0 Å². The fourth-order valence-corrected chi connectivity index (χ4v) is 2.79. The number of benzene rings is 1. The maximum Gasteiger partial charge on any atom is 0.272 e. The van der Waals surface area contributed by atoms with Gasteiger partial charge in [0.05, 0.1) is 4.92 Å². The van der Waals surface area contributed by atoms with Crippen molar-refractivity contribution in [3.05, 3.63) is 33.9 Å². The predicted octanol–water partition coefficient (Wildman–Crippen LogP) is 2.00. The van der Waals surface area contributed by atoms with E-state index in [-0.39, 0.29) is 22.4 Å². The van der Waals surface area contributed by atoms with Crippen LogP contribution < -0.4 is 10.6 Å². The molecule has 0 spiro atoms.